The fourth-order valence-corrected chi connectivity index (χ4v) is 2.48. The lowest BCUT2D eigenvalue weighted by molar-refractivity contribution is 0.0652. The first-order valence-electron chi connectivity index (χ1n) is 6.65. The van der Waals surface area contributed by atoms with Crippen molar-refractivity contribution >= 4 is 5.97 Å². The molecule has 0 bridgehead atoms. The second-order valence-electron chi connectivity index (χ2n) is 4.90. The summed E-state index contributed by atoms with van der Waals surface area (Å²) in [5.74, 6) is -0.363. The molecule has 6 nitrogen and oxygen atoms in total. The minimum Gasteiger partial charge on any atom is -0.496 e. The molecule has 0 aliphatic carbocycles. The van der Waals surface area contributed by atoms with Crippen LogP contribution in [-0.4, -0.2) is 36.6 Å². The van der Waals surface area contributed by atoms with Crippen molar-refractivity contribution < 1.29 is 23.9 Å². The van der Waals surface area contributed by atoms with Crippen molar-refractivity contribution in [2.75, 3.05) is 20.3 Å². The van der Waals surface area contributed by atoms with Crippen LogP contribution in [0.2, 0.25) is 0 Å². The number of hydrogen-bond donors (Lipinski definition) is 1. The quantitative estimate of drug-likeness (QED) is 0.931. The fourth-order valence-electron chi connectivity index (χ4n) is 2.48. The maximum absolute atomic E-state index is 10.9. The van der Waals surface area contributed by atoms with E-state index in [1.54, 1.807) is 7.11 Å². The number of rotatable bonds is 4. The Hall–Kier alpha value is -2.34. The molecule has 1 saturated heterocycles. The lowest BCUT2D eigenvalue weighted by Gasteiger charge is -2.12. The Labute approximate surface area is 121 Å². The van der Waals surface area contributed by atoms with E-state index in [0.717, 1.165) is 24.2 Å². The zero-order valence-electron chi connectivity index (χ0n) is 11.5. The number of benzene rings is 1. The second-order valence-corrected chi connectivity index (χ2v) is 4.90. The number of nitrogens with zero attached hydrogens (tertiary/aromatic N) is 1. The SMILES string of the molecule is COc1ccc(C2CCOC2)cc1-c1cc(C(=O)O)on1. The minimum absolute atomic E-state index is 0.193. The largest absolute Gasteiger partial charge is 0.496 e. The monoisotopic (exact) mass is 289 g/mol. The number of carboxylic acids is 1. The van der Waals surface area contributed by atoms with Gasteiger partial charge in [0, 0.05) is 24.2 Å². The van der Waals surface area contributed by atoms with Crippen LogP contribution in [0.3, 0.4) is 0 Å². The zero-order valence-corrected chi connectivity index (χ0v) is 11.5. The van der Waals surface area contributed by atoms with Crippen LogP contribution < -0.4 is 4.74 Å². The van der Waals surface area contributed by atoms with Crippen LogP contribution >= 0.6 is 0 Å². The van der Waals surface area contributed by atoms with Crippen LogP contribution in [0.5, 0.6) is 5.75 Å². The van der Waals surface area contributed by atoms with Crippen molar-refractivity contribution in [1.82, 2.24) is 5.16 Å². The normalized spacial score (nSPS) is 17.9. The molecule has 1 atom stereocenters. The number of ether oxygens (including phenoxy) is 2. The van der Waals surface area contributed by atoms with E-state index in [2.05, 4.69) is 5.16 Å². The lowest BCUT2D eigenvalue weighted by Crippen LogP contribution is -1.99. The molecule has 3 rings (SSSR count). The topological polar surface area (TPSA) is 81.8 Å². The Balaban J connectivity index is 2.01. The molecule has 0 spiro atoms. The van der Waals surface area contributed by atoms with E-state index in [4.69, 9.17) is 19.1 Å². The maximum atomic E-state index is 10.9. The van der Waals surface area contributed by atoms with Crippen molar-refractivity contribution in [2.45, 2.75) is 12.3 Å². The van der Waals surface area contributed by atoms with Crippen LogP contribution in [0.4, 0.5) is 0 Å². The number of hydrogen-bond acceptors (Lipinski definition) is 5. The first-order valence-corrected chi connectivity index (χ1v) is 6.65. The van der Waals surface area contributed by atoms with E-state index >= 15 is 0 Å². The smallest absolute Gasteiger partial charge is 0.374 e. The molecular weight excluding hydrogens is 274 g/mol. The predicted octanol–water partition coefficient (Wildman–Crippen LogP) is 2.55. The molecule has 0 saturated carbocycles. The fraction of sp³-hybridized carbons (Fsp3) is 0.333. The third-order valence-corrected chi connectivity index (χ3v) is 3.62. The molecular formula is C15H15NO5. The Bertz CT molecular complexity index is 658. The van der Waals surface area contributed by atoms with E-state index in [0.29, 0.717) is 24.0 Å². The molecule has 1 unspecified atom stereocenters. The van der Waals surface area contributed by atoms with Crippen molar-refractivity contribution in [2.24, 2.45) is 0 Å². The summed E-state index contributed by atoms with van der Waals surface area (Å²) in [5.41, 5.74) is 2.30. The lowest BCUT2D eigenvalue weighted by atomic mass is 9.95. The summed E-state index contributed by atoms with van der Waals surface area (Å²) in [6.07, 6.45) is 0.977. The molecule has 2 heterocycles. The summed E-state index contributed by atoms with van der Waals surface area (Å²) < 4.78 is 15.5. The highest BCUT2D eigenvalue weighted by atomic mass is 16.5. The van der Waals surface area contributed by atoms with Gasteiger partial charge in [-0.25, -0.2) is 4.79 Å². The van der Waals surface area contributed by atoms with Gasteiger partial charge in [-0.3, -0.25) is 0 Å². The van der Waals surface area contributed by atoms with Gasteiger partial charge in [0.2, 0.25) is 5.76 Å². The van der Waals surface area contributed by atoms with Crippen LogP contribution in [0.25, 0.3) is 11.3 Å². The highest BCUT2D eigenvalue weighted by molar-refractivity contribution is 5.86. The average Bonchev–Trinajstić information content (AvgIpc) is 3.18. The summed E-state index contributed by atoms with van der Waals surface area (Å²) >= 11 is 0. The van der Waals surface area contributed by atoms with E-state index in [1.165, 1.54) is 6.07 Å². The van der Waals surface area contributed by atoms with Gasteiger partial charge in [-0.05, 0) is 24.1 Å². The van der Waals surface area contributed by atoms with E-state index in [-0.39, 0.29) is 5.76 Å². The van der Waals surface area contributed by atoms with E-state index in [9.17, 15) is 4.79 Å². The van der Waals surface area contributed by atoms with Gasteiger partial charge >= 0.3 is 5.97 Å². The number of carboxylic acid groups (broad SMARTS) is 1. The van der Waals surface area contributed by atoms with E-state index < -0.39 is 5.97 Å². The summed E-state index contributed by atoms with van der Waals surface area (Å²) in [6, 6.07) is 7.22. The van der Waals surface area contributed by atoms with Gasteiger partial charge in [0.15, 0.2) is 0 Å². The van der Waals surface area contributed by atoms with Crippen molar-refractivity contribution in [1.29, 1.82) is 0 Å². The van der Waals surface area contributed by atoms with Crippen molar-refractivity contribution in [3.8, 4) is 17.0 Å². The van der Waals surface area contributed by atoms with Gasteiger partial charge in [-0.1, -0.05) is 11.2 Å². The molecule has 1 aromatic heterocycles. The van der Waals surface area contributed by atoms with Gasteiger partial charge in [-0.2, -0.15) is 0 Å². The molecule has 1 fully saturated rings. The number of carbonyl (C=O) groups is 1. The Morgan fingerprint density at radius 2 is 2.29 bits per heavy atom. The Kier molecular flexibility index (Phi) is 3.62. The summed E-state index contributed by atoms with van der Waals surface area (Å²) in [4.78, 5) is 10.9. The maximum Gasteiger partial charge on any atom is 0.374 e. The standard InChI is InChI=1S/C15H15NO5/c1-19-13-3-2-9(10-4-5-20-8-10)6-11(13)12-7-14(15(17)18)21-16-12/h2-3,6-7,10H,4-5,8H2,1H3,(H,17,18). The molecule has 6 heteroatoms. The summed E-state index contributed by atoms with van der Waals surface area (Å²) in [7, 11) is 1.56. The first-order chi connectivity index (χ1) is 10.2. The molecule has 110 valence electrons. The number of methoxy groups -OCH3 is 1. The summed E-state index contributed by atoms with van der Waals surface area (Å²) in [5, 5.41) is 12.7. The van der Waals surface area contributed by atoms with Crippen LogP contribution in [0.15, 0.2) is 28.8 Å². The van der Waals surface area contributed by atoms with Gasteiger partial charge in [0.05, 0.1) is 13.7 Å². The first kappa shape index (κ1) is 13.6. The number of aromatic carboxylic acids is 1. The molecule has 1 aromatic carbocycles. The van der Waals surface area contributed by atoms with Crippen LogP contribution in [0.1, 0.15) is 28.5 Å². The highest BCUT2D eigenvalue weighted by Gasteiger charge is 2.21. The number of aromatic nitrogens is 1. The zero-order chi connectivity index (χ0) is 14.8. The average molecular weight is 289 g/mol. The van der Waals surface area contributed by atoms with Gasteiger partial charge in [0.25, 0.3) is 0 Å². The third-order valence-electron chi connectivity index (χ3n) is 3.62. The molecule has 2 aromatic rings. The van der Waals surface area contributed by atoms with Crippen LogP contribution in [-0.2, 0) is 4.74 Å². The summed E-state index contributed by atoms with van der Waals surface area (Å²) in [6.45, 7) is 1.46. The minimum atomic E-state index is -1.15. The molecule has 0 radical (unpaired) electrons. The molecule has 21 heavy (non-hydrogen) atoms. The van der Waals surface area contributed by atoms with Crippen molar-refractivity contribution in [3.63, 3.8) is 0 Å². The Morgan fingerprint density at radius 3 is 2.90 bits per heavy atom. The van der Waals surface area contributed by atoms with Gasteiger partial charge in [0.1, 0.15) is 11.4 Å². The van der Waals surface area contributed by atoms with Crippen LogP contribution in [0, 0.1) is 0 Å². The predicted molar refractivity (Wildman–Crippen MR) is 73.6 cm³/mol. The molecule has 1 aliphatic heterocycles. The van der Waals surface area contributed by atoms with Gasteiger partial charge < -0.3 is 19.1 Å². The Morgan fingerprint density at radius 1 is 1.43 bits per heavy atom. The third kappa shape index (κ3) is 2.62. The highest BCUT2D eigenvalue weighted by Crippen LogP contribution is 2.34. The molecule has 0 amide bonds. The van der Waals surface area contributed by atoms with Gasteiger partial charge in [-0.15, -0.1) is 0 Å². The molecule has 1 N–H and O–H groups in total. The second kappa shape index (κ2) is 5.57. The molecule has 1 aliphatic rings. The van der Waals surface area contributed by atoms with Crippen molar-refractivity contribution in [3.05, 3.63) is 35.6 Å². The van der Waals surface area contributed by atoms with E-state index in [1.807, 2.05) is 18.2 Å².